The van der Waals surface area contributed by atoms with Gasteiger partial charge in [-0.1, -0.05) is 48.5 Å². The fraction of sp³-hybridized carbons (Fsp3) is 0.304. The van der Waals surface area contributed by atoms with E-state index in [4.69, 9.17) is 4.74 Å². The summed E-state index contributed by atoms with van der Waals surface area (Å²) >= 11 is 0. The molecule has 6 nitrogen and oxygen atoms in total. The first-order valence-electron chi connectivity index (χ1n) is 9.84. The Balaban J connectivity index is 1.59. The Morgan fingerprint density at radius 1 is 1.10 bits per heavy atom. The van der Waals surface area contributed by atoms with E-state index in [0.29, 0.717) is 19.5 Å². The summed E-state index contributed by atoms with van der Waals surface area (Å²) in [5.41, 5.74) is 5.40. The number of hydrogen-bond acceptors (Lipinski definition) is 3. The van der Waals surface area contributed by atoms with Gasteiger partial charge in [0.2, 0.25) is 5.91 Å². The van der Waals surface area contributed by atoms with Crippen LogP contribution in [0.4, 0.5) is 4.79 Å². The van der Waals surface area contributed by atoms with Crippen molar-refractivity contribution in [1.29, 1.82) is 0 Å². The van der Waals surface area contributed by atoms with Crippen LogP contribution < -0.4 is 5.32 Å². The van der Waals surface area contributed by atoms with Gasteiger partial charge in [-0.2, -0.15) is 0 Å². The number of para-hydroxylation sites is 1. The van der Waals surface area contributed by atoms with Gasteiger partial charge >= 0.3 is 6.09 Å². The minimum atomic E-state index is -0.306. The number of nitrogens with zero attached hydrogens (tertiary/aromatic N) is 2. The molecule has 2 aromatic carbocycles. The van der Waals surface area contributed by atoms with Gasteiger partial charge in [0.05, 0.1) is 12.1 Å². The van der Waals surface area contributed by atoms with Crippen molar-refractivity contribution in [2.75, 3.05) is 13.6 Å². The number of carbonyl (C=O) groups excluding carboxylic acids is 2. The first-order valence-corrected chi connectivity index (χ1v) is 9.84. The zero-order valence-corrected chi connectivity index (χ0v) is 16.8. The Bertz CT molecular complexity index is 1060. The van der Waals surface area contributed by atoms with E-state index in [1.807, 2.05) is 36.4 Å². The lowest BCUT2D eigenvalue weighted by Gasteiger charge is -2.27. The van der Waals surface area contributed by atoms with Crippen molar-refractivity contribution in [2.24, 2.45) is 0 Å². The average Bonchev–Trinajstić information content (AvgIpc) is 3.07. The molecular formula is C23H25N3O3. The van der Waals surface area contributed by atoms with E-state index in [-0.39, 0.29) is 25.2 Å². The molecule has 150 valence electrons. The number of rotatable bonds is 4. The highest BCUT2D eigenvalue weighted by molar-refractivity contribution is 5.90. The molecule has 2 amide bonds. The van der Waals surface area contributed by atoms with Crippen molar-refractivity contribution in [1.82, 2.24) is 14.8 Å². The van der Waals surface area contributed by atoms with Crippen LogP contribution in [0.3, 0.4) is 0 Å². The van der Waals surface area contributed by atoms with E-state index in [1.54, 1.807) is 11.9 Å². The van der Waals surface area contributed by atoms with Gasteiger partial charge in [0.1, 0.15) is 13.2 Å². The smallest absolute Gasteiger partial charge is 0.410 e. The quantitative estimate of drug-likeness (QED) is 0.742. The molecule has 0 saturated heterocycles. The second-order valence-electron chi connectivity index (χ2n) is 7.37. The molecule has 0 saturated carbocycles. The molecule has 1 aliphatic heterocycles. The summed E-state index contributed by atoms with van der Waals surface area (Å²) in [6, 6.07) is 15.8. The van der Waals surface area contributed by atoms with Crippen molar-refractivity contribution in [3.63, 3.8) is 0 Å². The van der Waals surface area contributed by atoms with E-state index in [2.05, 4.69) is 28.9 Å². The number of amides is 2. The van der Waals surface area contributed by atoms with Crippen LogP contribution >= 0.6 is 0 Å². The molecule has 1 aliphatic rings. The number of hydrogen-bond donors (Lipinski definition) is 1. The molecule has 0 bridgehead atoms. The fourth-order valence-corrected chi connectivity index (χ4v) is 4.05. The predicted molar refractivity (Wildman–Crippen MR) is 111 cm³/mol. The summed E-state index contributed by atoms with van der Waals surface area (Å²) in [5.74, 6) is -0.0300. The predicted octanol–water partition coefficient (Wildman–Crippen LogP) is 3.39. The lowest BCUT2D eigenvalue weighted by atomic mass is 10.0. The number of carbonyl (C=O) groups is 2. The molecule has 1 aromatic heterocycles. The molecule has 0 aliphatic carbocycles. The number of fused-ring (bicyclic) bond motifs is 3. The highest BCUT2D eigenvalue weighted by Gasteiger charge is 2.28. The lowest BCUT2D eigenvalue weighted by molar-refractivity contribution is -0.121. The van der Waals surface area contributed by atoms with Crippen molar-refractivity contribution in [3.8, 4) is 0 Å². The average molecular weight is 391 g/mol. The van der Waals surface area contributed by atoms with Crippen LogP contribution in [0, 0.1) is 6.92 Å². The summed E-state index contributed by atoms with van der Waals surface area (Å²) in [7, 11) is 1.65. The SMILES string of the molecule is CNC(=O)Cn1c2c(c3cccc(C)c31)CN(C(=O)OCc1ccccc1)CC2. The summed E-state index contributed by atoms with van der Waals surface area (Å²) in [6.07, 6.45) is 0.389. The largest absolute Gasteiger partial charge is 0.445 e. The van der Waals surface area contributed by atoms with Crippen molar-refractivity contribution < 1.29 is 14.3 Å². The normalized spacial score (nSPS) is 13.2. The summed E-state index contributed by atoms with van der Waals surface area (Å²) in [5, 5.41) is 3.81. The van der Waals surface area contributed by atoms with Gasteiger partial charge in [-0.15, -0.1) is 0 Å². The maximum Gasteiger partial charge on any atom is 0.410 e. The van der Waals surface area contributed by atoms with Gasteiger partial charge in [0.25, 0.3) is 0 Å². The number of aryl methyl sites for hydroxylation is 1. The van der Waals surface area contributed by atoms with Gasteiger partial charge in [0.15, 0.2) is 0 Å². The monoisotopic (exact) mass is 391 g/mol. The zero-order valence-electron chi connectivity index (χ0n) is 16.8. The molecule has 6 heteroatoms. The molecule has 29 heavy (non-hydrogen) atoms. The molecule has 0 radical (unpaired) electrons. The van der Waals surface area contributed by atoms with Gasteiger partial charge in [-0.3, -0.25) is 4.79 Å². The third kappa shape index (κ3) is 3.70. The van der Waals surface area contributed by atoms with E-state index in [1.165, 1.54) is 0 Å². The first-order chi connectivity index (χ1) is 14.1. The van der Waals surface area contributed by atoms with Crippen LogP contribution in [0.1, 0.15) is 22.4 Å². The molecule has 0 atom stereocenters. The van der Waals surface area contributed by atoms with E-state index in [0.717, 1.165) is 33.3 Å². The summed E-state index contributed by atoms with van der Waals surface area (Å²) in [4.78, 5) is 26.5. The molecule has 3 aromatic rings. The summed E-state index contributed by atoms with van der Waals surface area (Å²) < 4.78 is 7.63. The molecule has 0 spiro atoms. The molecule has 0 fully saturated rings. The maximum absolute atomic E-state index is 12.6. The summed E-state index contributed by atoms with van der Waals surface area (Å²) in [6.45, 7) is 3.67. The molecule has 1 N–H and O–H groups in total. The van der Waals surface area contributed by atoms with Crippen LogP contribution in [-0.2, 0) is 35.6 Å². The maximum atomic E-state index is 12.6. The van der Waals surface area contributed by atoms with Gasteiger partial charge < -0.3 is 19.5 Å². The number of likely N-dealkylation sites (N-methyl/N-ethyl adjacent to an activating group) is 1. The Morgan fingerprint density at radius 2 is 1.90 bits per heavy atom. The number of aromatic nitrogens is 1. The lowest BCUT2D eigenvalue weighted by Crippen LogP contribution is -2.37. The van der Waals surface area contributed by atoms with Crippen molar-refractivity contribution in [3.05, 3.63) is 70.9 Å². The van der Waals surface area contributed by atoms with E-state index >= 15 is 0 Å². The minimum absolute atomic E-state index is 0.0300. The third-order valence-electron chi connectivity index (χ3n) is 5.52. The third-order valence-corrected chi connectivity index (χ3v) is 5.52. The highest BCUT2D eigenvalue weighted by Crippen LogP contribution is 2.33. The van der Waals surface area contributed by atoms with Gasteiger partial charge in [0, 0.05) is 36.7 Å². The molecule has 4 rings (SSSR count). The van der Waals surface area contributed by atoms with Crippen molar-refractivity contribution in [2.45, 2.75) is 33.0 Å². The van der Waals surface area contributed by atoms with Crippen LogP contribution in [0.15, 0.2) is 48.5 Å². The van der Waals surface area contributed by atoms with Gasteiger partial charge in [-0.25, -0.2) is 4.79 Å². The Morgan fingerprint density at radius 3 is 2.66 bits per heavy atom. The zero-order chi connectivity index (χ0) is 20.4. The van der Waals surface area contributed by atoms with Crippen LogP contribution in [0.5, 0.6) is 0 Å². The first kappa shape index (κ1) is 19.1. The van der Waals surface area contributed by atoms with Crippen LogP contribution in [0.25, 0.3) is 10.9 Å². The number of ether oxygens (including phenoxy) is 1. The Labute approximate surface area is 170 Å². The molecule has 2 heterocycles. The highest BCUT2D eigenvalue weighted by atomic mass is 16.6. The molecule has 0 unspecified atom stereocenters. The number of nitrogens with one attached hydrogen (secondary N) is 1. The van der Waals surface area contributed by atoms with Crippen molar-refractivity contribution >= 4 is 22.9 Å². The topological polar surface area (TPSA) is 63.6 Å². The van der Waals surface area contributed by atoms with Gasteiger partial charge in [-0.05, 0) is 18.1 Å². The Kier molecular flexibility index (Phi) is 5.25. The van der Waals surface area contributed by atoms with Crippen LogP contribution in [0.2, 0.25) is 0 Å². The fourth-order valence-electron chi connectivity index (χ4n) is 4.05. The van der Waals surface area contributed by atoms with E-state index < -0.39 is 0 Å². The molecular weight excluding hydrogens is 366 g/mol. The second-order valence-corrected chi connectivity index (χ2v) is 7.37. The minimum Gasteiger partial charge on any atom is -0.445 e. The number of benzene rings is 2. The standard InChI is InChI=1S/C23H25N3O3/c1-16-7-6-10-18-19-13-25(23(28)29-15-17-8-4-3-5-9-17)12-11-20(19)26(22(16)18)14-21(27)24-2/h3-10H,11-15H2,1-2H3,(H,24,27). The second kappa shape index (κ2) is 7.99. The van der Waals surface area contributed by atoms with Crippen LogP contribution in [-0.4, -0.2) is 35.1 Å². The van der Waals surface area contributed by atoms with E-state index in [9.17, 15) is 9.59 Å². The Hall–Kier alpha value is -3.28.